The van der Waals surface area contributed by atoms with E-state index in [1.54, 1.807) is 12.1 Å². The van der Waals surface area contributed by atoms with Crippen LogP contribution in [0.25, 0.3) is 0 Å². The fraction of sp³-hybridized carbons (Fsp3) is 0.316. The third kappa shape index (κ3) is 4.68. The average molecular weight is 399 g/mol. The second-order valence-electron chi connectivity index (χ2n) is 6.45. The summed E-state index contributed by atoms with van der Waals surface area (Å²) >= 11 is 0. The van der Waals surface area contributed by atoms with Crippen molar-refractivity contribution in [2.24, 2.45) is 0 Å². The van der Waals surface area contributed by atoms with Gasteiger partial charge in [-0.1, -0.05) is 24.3 Å². The molecule has 0 aliphatic heterocycles. The molecule has 0 radical (unpaired) electrons. The number of alkyl halides is 3. The summed E-state index contributed by atoms with van der Waals surface area (Å²) in [5.74, 6) is -0.519. The van der Waals surface area contributed by atoms with Gasteiger partial charge in [0.1, 0.15) is 0 Å². The number of halogens is 3. The Hall–Kier alpha value is -2.35. The minimum Gasteiger partial charge on any atom is -0.337 e. The topological polar surface area (TPSA) is 54.5 Å². The molecule has 2 aromatic rings. The van der Waals surface area contributed by atoms with Gasteiger partial charge >= 0.3 is 6.18 Å². The first-order chi connectivity index (χ1) is 12.4. The van der Waals surface area contributed by atoms with Crippen LogP contribution in [0.4, 0.5) is 13.2 Å². The molecule has 2 aromatic carbocycles. The van der Waals surface area contributed by atoms with Crippen LogP contribution >= 0.6 is 0 Å². The maximum Gasteiger partial charge on any atom is 0.416 e. The molecule has 0 aromatic heterocycles. The van der Waals surface area contributed by atoms with Crippen LogP contribution in [0.3, 0.4) is 0 Å². The first-order valence-electron chi connectivity index (χ1n) is 8.19. The number of benzene rings is 2. The highest BCUT2D eigenvalue weighted by molar-refractivity contribution is 7.92. The number of hydrogen-bond donors (Lipinski definition) is 0. The minimum atomic E-state index is -4.43. The van der Waals surface area contributed by atoms with Crippen LogP contribution in [0.5, 0.6) is 0 Å². The van der Waals surface area contributed by atoms with Crippen LogP contribution in [0.1, 0.15) is 35.3 Å². The van der Waals surface area contributed by atoms with Crippen molar-refractivity contribution in [2.45, 2.75) is 36.7 Å². The van der Waals surface area contributed by atoms with E-state index in [0.29, 0.717) is 5.56 Å². The second kappa shape index (κ2) is 7.72. The molecule has 146 valence electrons. The van der Waals surface area contributed by atoms with E-state index in [0.717, 1.165) is 12.1 Å². The van der Waals surface area contributed by atoms with Crippen LogP contribution in [-0.2, 0) is 22.6 Å². The molecule has 1 amide bonds. The lowest BCUT2D eigenvalue weighted by molar-refractivity contribution is -0.137. The predicted octanol–water partition coefficient (Wildman–Crippen LogP) is 4.16. The Morgan fingerprint density at radius 2 is 1.59 bits per heavy atom. The van der Waals surface area contributed by atoms with Gasteiger partial charge in [0, 0.05) is 13.6 Å². The van der Waals surface area contributed by atoms with Crippen LogP contribution < -0.4 is 0 Å². The molecule has 0 bridgehead atoms. The molecule has 0 fully saturated rings. The van der Waals surface area contributed by atoms with E-state index in [4.69, 9.17) is 0 Å². The van der Waals surface area contributed by atoms with E-state index in [-0.39, 0.29) is 17.0 Å². The maximum atomic E-state index is 12.7. The fourth-order valence-electron chi connectivity index (χ4n) is 2.50. The zero-order chi connectivity index (χ0) is 20.4. The zero-order valence-electron chi connectivity index (χ0n) is 15.1. The number of amides is 1. The van der Waals surface area contributed by atoms with Crippen LogP contribution in [0.15, 0.2) is 53.4 Å². The lowest BCUT2D eigenvalue weighted by atomic mass is 10.1. The van der Waals surface area contributed by atoms with E-state index in [2.05, 4.69) is 0 Å². The number of hydrogen-bond acceptors (Lipinski definition) is 3. The molecule has 4 nitrogen and oxygen atoms in total. The lowest BCUT2D eigenvalue weighted by Crippen LogP contribution is -2.28. The molecule has 0 unspecified atom stereocenters. The maximum absolute atomic E-state index is 12.7. The van der Waals surface area contributed by atoms with Gasteiger partial charge in [-0.3, -0.25) is 4.79 Å². The molecule has 0 N–H and O–H groups in total. The Morgan fingerprint density at radius 1 is 1.04 bits per heavy atom. The highest BCUT2D eigenvalue weighted by Crippen LogP contribution is 2.29. The molecule has 2 rings (SSSR count). The van der Waals surface area contributed by atoms with Gasteiger partial charge in [-0.25, -0.2) is 8.42 Å². The predicted molar refractivity (Wildman–Crippen MR) is 96.0 cm³/mol. The minimum absolute atomic E-state index is 0.0422. The molecule has 0 atom stereocenters. The largest absolute Gasteiger partial charge is 0.416 e. The van der Waals surface area contributed by atoms with Crippen molar-refractivity contribution in [3.63, 3.8) is 0 Å². The molecule has 0 saturated carbocycles. The van der Waals surface area contributed by atoms with Crippen LogP contribution in [-0.4, -0.2) is 31.5 Å². The monoisotopic (exact) mass is 399 g/mol. The van der Waals surface area contributed by atoms with Crippen molar-refractivity contribution in [3.8, 4) is 0 Å². The summed E-state index contributed by atoms with van der Waals surface area (Å²) < 4.78 is 62.9. The average Bonchev–Trinajstić information content (AvgIpc) is 2.60. The lowest BCUT2D eigenvalue weighted by Gasteiger charge is -2.20. The van der Waals surface area contributed by atoms with E-state index in [1.807, 2.05) is 0 Å². The van der Waals surface area contributed by atoms with Crippen molar-refractivity contribution in [3.05, 3.63) is 65.2 Å². The zero-order valence-corrected chi connectivity index (χ0v) is 15.9. The SMILES string of the molecule is CC(C)S(=O)(=O)c1ccccc1C(=O)N(C)Cc1ccc(C(F)(F)F)cc1. The van der Waals surface area contributed by atoms with Gasteiger partial charge in [0.25, 0.3) is 5.91 Å². The Labute approximate surface area is 156 Å². The molecular formula is C19H20F3NO3S. The third-order valence-corrected chi connectivity index (χ3v) is 6.30. The fourth-order valence-corrected chi connectivity index (χ4v) is 3.73. The standard InChI is InChI=1S/C19H20F3NO3S/c1-13(2)27(25,26)17-7-5-4-6-16(17)18(24)23(3)12-14-8-10-15(11-9-14)19(20,21)22/h4-11,13H,12H2,1-3H3. The summed E-state index contributed by atoms with van der Waals surface area (Å²) in [5.41, 5.74) is -0.225. The first-order valence-corrected chi connectivity index (χ1v) is 9.73. The highest BCUT2D eigenvalue weighted by Gasteiger charge is 2.30. The van der Waals surface area contributed by atoms with E-state index in [1.165, 1.54) is 50.1 Å². The van der Waals surface area contributed by atoms with Crippen molar-refractivity contribution < 1.29 is 26.4 Å². The third-order valence-electron chi connectivity index (χ3n) is 4.09. The Balaban J connectivity index is 2.26. The number of carbonyl (C=O) groups is 1. The Kier molecular flexibility index (Phi) is 5.99. The molecule has 0 spiro atoms. The summed E-state index contributed by atoms with van der Waals surface area (Å²) in [5, 5.41) is -0.688. The highest BCUT2D eigenvalue weighted by atomic mass is 32.2. The number of rotatable bonds is 5. The molecule has 0 heterocycles. The van der Waals surface area contributed by atoms with Crippen molar-refractivity contribution in [1.29, 1.82) is 0 Å². The van der Waals surface area contributed by atoms with Gasteiger partial charge in [0.15, 0.2) is 9.84 Å². The Morgan fingerprint density at radius 3 is 2.11 bits per heavy atom. The van der Waals surface area contributed by atoms with Crippen LogP contribution in [0, 0.1) is 0 Å². The van der Waals surface area contributed by atoms with Gasteiger partial charge < -0.3 is 4.90 Å². The molecule has 8 heteroatoms. The first kappa shape index (κ1) is 21.0. The van der Waals surface area contributed by atoms with Crippen molar-refractivity contribution in [2.75, 3.05) is 7.05 Å². The van der Waals surface area contributed by atoms with E-state index < -0.39 is 32.7 Å². The van der Waals surface area contributed by atoms with E-state index >= 15 is 0 Å². The number of carbonyl (C=O) groups excluding carboxylic acids is 1. The van der Waals surface area contributed by atoms with Gasteiger partial charge in [-0.2, -0.15) is 13.2 Å². The number of sulfone groups is 1. The van der Waals surface area contributed by atoms with Crippen LogP contribution in [0.2, 0.25) is 0 Å². The normalized spacial score (nSPS) is 12.3. The summed E-state index contributed by atoms with van der Waals surface area (Å²) in [4.78, 5) is 14.0. The van der Waals surface area contributed by atoms with Crippen molar-refractivity contribution in [1.82, 2.24) is 4.90 Å². The van der Waals surface area contributed by atoms with Gasteiger partial charge in [0.05, 0.1) is 21.3 Å². The van der Waals surface area contributed by atoms with E-state index in [9.17, 15) is 26.4 Å². The summed E-state index contributed by atoms with van der Waals surface area (Å²) in [6, 6.07) is 10.4. The molecule has 0 aliphatic carbocycles. The number of nitrogens with zero attached hydrogens (tertiary/aromatic N) is 1. The Bertz CT molecular complexity index is 920. The second-order valence-corrected chi connectivity index (χ2v) is 8.92. The van der Waals surface area contributed by atoms with Gasteiger partial charge in [-0.15, -0.1) is 0 Å². The van der Waals surface area contributed by atoms with Gasteiger partial charge in [-0.05, 0) is 43.7 Å². The molecule has 27 heavy (non-hydrogen) atoms. The summed E-state index contributed by atoms with van der Waals surface area (Å²) in [6.45, 7) is 3.11. The van der Waals surface area contributed by atoms with Crippen molar-refractivity contribution >= 4 is 15.7 Å². The summed E-state index contributed by atoms with van der Waals surface area (Å²) in [6.07, 6.45) is -4.43. The van der Waals surface area contributed by atoms with Gasteiger partial charge in [0.2, 0.25) is 0 Å². The molecule has 0 saturated heterocycles. The molecule has 0 aliphatic rings. The summed E-state index contributed by atoms with van der Waals surface area (Å²) in [7, 11) is -2.18. The molecular weight excluding hydrogens is 379 g/mol. The quantitative estimate of drug-likeness (QED) is 0.759. The smallest absolute Gasteiger partial charge is 0.337 e.